The van der Waals surface area contributed by atoms with Gasteiger partial charge in [-0.3, -0.25) is 4.79 Å². The first-order chi connectivity index (χ1) is 9.79. The van der Waals surface area contributed by atoms with Crippen molar-refractivity contribution in [1.82, 2.24) is 10.2 Å². The van der Waals surface area contributed by atoms with E-state index in [4.69, 9.17) is 10.2 Å². The third-order valence-corrected chi connectivity index (χ3v) is 3.75. The van der Waals surface area contributed by atoms with Crippen molar-refractivity contribution in [3.63, 3.8) is 0 Å². The molecule has 3 N–H and O–H groups in total. The van der Waals surface area contributed by atoms with Gasteiger partial charge in [-0.15, -0.1) is 0 Å². The number of nitrogens with two attached hydrogens (primary N) is 1. The molecule has 1 saturated heterocycles. The van der Waals surface area contributed by atoms with E-state index >= 15 is 0 Å². The topological polar surface area (TPSA) is 71.5 Å². The molecule has 2 rings (SSSR count). The number of amides is 1. The second kappa shape index (κ2) is 8.07. The fourth-order valence-electron chi connectivity index (χ4n) is 2.57. The standard InChI is InChI=1S/C15H25N3O2/c16-11-14-10-13(12-20-14)15(19)17-6-5-9-18-7-3-1-2-4-8-18/h10,12H,1-9,11,16H2,(H,17,19). The highest BCUT2D eigenvalue weighted by atomic mass is 16.3. The van der Waals surface area contributed by atoms with Gasteiger partial charge in [-0.2, -0.15) is 0 Å². The van der Waals surface area contributed by atoms with Crippen molar-refractivity contribution in [3.05, 3.63) is 23.7 Å². The molecule has 0 atom stereocenters. The van der Waals surface area contributed by atoms with Gasteiger partial charge in [0.1, 0.15) is 12.0 Å². The SMILES string of the molecule is NCc1cc(C(=O)NCCCN2CCCCCC2)co1. The van der Waals surface area contributed by atoms with E-state index in [1.807, 2.05) is 0 Å². The van der Waals surface area contributed by atoms with Crippen LogP contribution >= 0.6 is 0 Å². The van der Waals surface area contributed by atoms with Crippen LogP contribution in [0.5, 0.6) is 0 Å². The average Bonchev–Trinajstić information content (AvgIpc) is 2.80. The highest BCUT2D eigenvalue weighted by molar-refractivity contribution is 5.93. The Kier molecular flexibility index (Phi) is 6.08. The summed E-state index contributed by atoms with van der Waals surface area (Å²) in [5, 5.41) is 2.93. The lowest BCUT2D eigenvalue weighted by Gasteiger charge is -2.19. The Labute approximate surface area is 120 Å². The molecule has 2 heterocycles. The van der Waals surface area contributed by atoms with Crippen LogP contribution in [-0.2, 0) is 6.54 Å². The maximum absolute atomic E-state index is 11.9. The Morgan fingerprint density at radius 1 is 1.30 bits per heavy atom. The second-order valence-electron chi connectivity index (χ2n) is 5.37. The number of carbonyl (C=O) groups excluding carboxylic acids is 1. The monoisotopic (exact) mass is 279 g/mol. The number of hydrogen-bond donors (Lipinski definition) is 2. The molecule has 112 valence electrons. The van der Waals surface area contributed by atoms with E-state index in [0.717, 1.165) is 13.0 Å². The largest absolute Gasteiger partial charge is 0.467 e. The van der Waals surface area contributed by atoms with Gasteiger partial charge in [-0.05, 0) is 45.0 Å². The zero-order valence-corrected chi connectivity index (χ0v) is 12.1. The van der Waals surface area contributed by atoms with Crippen LogP contribution in [0, 0.1) is 0 Å². The maximum Gasteiger partial charge on any atom is 0.254 e. The number of hydrogen-bond acceptors (Lipinski definition) is 4. The fourth-order valence-corrected chi connectivity index (χ4v) is 2.57. The van der Waals surface area contributed by atoms with E-state index in [-0.39, 0.29) is 5.91 Å². The molecular weight excluding hydrogens is 254 g/mol. The first-order valence-corrected chi connectivity index (χ1v) is 7.57. The van der Waals surface area contributed by atoms with Gasteiger partial charge in [0.05, 0.1) is 12.1 Å². The Morgan fingerprint density at radius 2 is 2.05 bits per heavy atom. The molecule has 0 spiro atoms. The van der Waals surface area contributed by atoms with Gasteiger partial charge in [-0.1, -0.05) is 12.8 Å². The van der Waals surface area contributed by atoms with Crippen LogP contribution in [0.2, 0.25) is 0 Å². The zero-order valence-electron chi connectivity index (χ0n) is 12.1. The van der Waals surface area contributed by atoms with Crippen LogP contribution in [0.4, 0.5) is 0 Å². The quantitative estimate of drug-likeness (QED) is 0.778. The number of nitrogens with one attached hydrogen (secondary N) is 1. The van der Waals surface area contributed by atoms with Gasteiger partial charge in [0, 0.05) is 6.54 Å². The number of furan rings is 1. The van der Waals surface area contributed by atoms with Crippen LogP contribution in [0.15, 0.2) is 16.7 Å². The fraction of sp³-hybridized carbons (Fsp3) is 0.667. The van der Waals surface area contributed by atoms with Crippen molar-refractivity contribution in [2.75, 3.05) is 26.2 Å². The van der Waals surface area contributed by atoms with Gasteiger partial charge < -0.3 is 20.4 Å². The van der Waals surface area contributed by atoms with E-state index < -0.39 is 0 Å². The van der Waals surface area contributed by atoms with E-state index in [1.165, 1.54) is 45.0 Å². The summed E-state index contributed by atoms with van der Waals surface area (Å²) in [5.41, 5.74) is 6.01. The Balaban J connectivity index is 1.63. The van der Waals surface area contributed by atoms with Gasteiger partial charge >= 0.3 is 0 Å². The Bertz CT molecular complexity index is 409. The molecule has 0 unspecified atom stereocenters. The summed E-state index contributed by atoms with van der Waals surface area (Å²) in [4.78, 5) is 14.4. The number of carbonyl (C=O) groups is 1. The summed E-state index contributed by atoms with van der Waals surface area (Å²) in [6, 6.07) is 1.70. The van der Waals surface area contributed by atoms with Crippen LogP contribution < -0.4 is 11.1 Å². The first-order valence-electron chi connectivity index (χ1n) is 7.57. The van der Waals surface area contributed by atoms with Crippen LogP contribution in [0.1, 0.15) is 48.2 Å². The van der Waals surface area contributed by atoms with Crippen molar-refractivity contribution < 1.29 is 9.21 Å². The molecule has 1 aromatic rings. The molecule has 5 heteroatoms. The van der Waals surface area contributed by atoms with Crippen molar-refractivity contribution in [1.29, 1.82) is 0 Å². The Hall–Kier alpha value is -1.33. The summed E-state index contributed by atoms with van der Waals surface area (Å²) in [6.45, 7) is 4.51. The minimum Gasteiger partial charge on any atom is -0.467 e. The highest BCUT2D eigenvalue weighted by Crippen LogP contribution is 2.10. The molecule has 1 aromatic heterocycles. The maximum atomic E-state index is 11.9. The molecule has 1 aliphatic heterocycles. The molecule has 0 aliphatic carbocycles. The predicted octanol–water partition coefficient (Wildman–Crippen LogP) is 1.73. The molecule has 0 saturated carbocycles. The van der Waals surface area contributed by atoms with Crippen molar-refractivity contribution in [3.8, 4) is 0 Å². The van der Waals surface area contributed by atoms with Crippen LogP contribution in [0.3, 0.4) is 0 Å². The molecule has 20 heavy (non-hydrogen) atoms. The molecule has 5 nitrogen and oxygen atoms in total. The minimum absolute atomic E-state index is 0.0793. The summed E-state index contributed by atoms with van der Waals surface area (Å²) < 4.78 is 5.16. The molecular formula is C15H25N3O2. The van der Waals surface area contributed by atoms with Gasteiger partial charge in [0.25, 0.3) is 5.91 Å². The minimum atomic E-state index is -0.0793. The van der Waals surface area contributed by atoms with E-state index in [0.29, 0.717) is 24.4 Å². The molecule has 1 aliphatic rings. The first kappa shape index (κ1) is 15.1. The molecule has 1 fully saturated rings. The average molecular weight is 279 g/mol. The van der Waals surface area contributed by atoms with Gasteiger partial charge in [0.15, 0.2) is 0 Å². The molecule has 0 bridgehead atoms. The van der Waals surface area contributed by atoms with Crippen LogP contribution in [0.25, 0.3) is 0 Å². The number of rotatable bonds is 6. The number of likely N-dealkylation sites (tertiary alicyclic amines) is 1. The Morgan fingerprint density at radius 3 is 2.70 bits per heavy atom. The zero-order chi connectivity index (χ0) is 14.2. The van der Waals surface area contributed by atoms with Crippen LogP contribution in [-0.4, -0.2) is 37.0 Å². The smallest absolute Gasteiger partial charge is 0.254 e. The van der Waals surface area contributed by atoms with Crippen molar-refractivity contribution >= 4 is 5.91 Å². The molecule has 0 aromatic carbocycles. The van der Waals surface area contributed by atoms with Crippen molar-refractivity contribution in [2.24, 2.45) is 5.73 Å². The normalized spacial score (nSPS) is 16.9. The highest BCUT2D eigenvalue weighted by Gasteiger charge is 2.10. The third kappa shape index (κ3) is 4.65. The molecule has 0 radical (unpaired) electrons. The van der Waals surface area contributed by atoms with Gasteiger partial charge in [0.2, 0.25) is 0 Å². The van der Waals surface area contributed by atoms with E-state index in [9.17, 15) is 4.79 Å². The summed E-state index contributed by atoms with van der Waals surface area (Å²) in [5.74, 6) is 0.559. The second-order valence-corrected chi connectivity index (χ2v) is 5.37. The summed E-state index contributed by atoms with van der Waals surface area (Å²) >= 11 is 0. The summed E-state index contributed by atoms with van der Waals surface area (Å²) in [7, 11) is 0. The predicted molar refractivity (Wildman–Crippen MR) is 78.5 cm³/mol. The van der Waals surface area contributed by atoms with Gasteiger partial charge in [-0.25, -0.2) is 0 Å². The van der Waals surface area contributed by atoms with E-state index in [1.54, 1.807) is 6.07 Å². The van der Waals surface area contributed by atoms with Crippen molar-refractivity contribution in [2.45, 2.75) is 38.6 Å². The summed E-state index contributed by atoms with van der Waals surface area (Å²) in [6.07, 6.45) is 7.79. The van der Waals surface area contributed by atoms with E-state index in [2.05, 4.69) is 10.2 Å². The number of nitrogens with zero attached hydrogens (tertiary/aromatic N) is 1. The lowest BCUT2D eigenvalue weighted by atomic mass is 10.2. The third-order valence-electron chi connectivity index (χ3n) is 3.75. The molecule has 1 amide bonds. The lowest BCUT2D eigenvalue weighted by molar-refractivity contribution is 0.0951. The lowest BCUT2D eigenvalue weighted by Crippen LogP contribution is -2.30.